The van der Waals surface area contributed by atoms with Gasteiger partial charge in [0.2, 0.25) is 0 Å². The first-order valence-corrected chi connectivity index (χ1v) is 8.76. The Balaban J connectivity index is 1.64. The SMILES string of the molecule is COc1ccc(C(=O)Nc2ccc(C(=O)/C=C/c3ccc(O)c(O)c3)cc2)cc1. The van der Waals surface area contributed by atoms with E-state index in [1.54, 1.807) is 67.8 Å². The Labute approximate surface area is 167 Å². The van der Waals surface area contributed by atoms with Crippen LogP contribution in [-0.4, -0.2) is 29.0 Å². The van der Waals surface area contributed by atoms with Crippen LogP contribution in [0.5, 0.6) is 17.2 Å². The van der Waals surface area contributed by atoms with Crippen molar-refractivity contribution in [2.45, 2.75) is 0 Å². The van der Waals surface area contributed by atoms with E-state index in [4.69, 9.17) is 4.74 Å². The topological polar surface area (TPSA) is 95.9 Å². The van der Waals surface area contributed by atoms with E-state index in [1.807, 2.05) is 0 Å². The minimum absolute atomic E-state index is 0.222. The number of methoxy groups -OCH3 is 1. The fraction of sp³-hybridized carbons (Fsp3) is 0.0435. The van der Waals surface area contributed by atoms with E-state index in [9.17, 15) is 19.8 Å². The molecule has 3 rings (SSSR count). The van der Waals surface area contributed by atoms with E-state index >= 15 is 0 Å². The zero-order chi connectivity index (χ0) is 20.8. The Morgan fingerprint density at radius 3 is 2.14 bits per heavy atom. The molecule has 3 aromatic rings. The largest absolute Gasteiger partial charge is 0.504 e. The van der Waals surface area contributed by atoms with Gasteiger partial charge < -0.3 is 20.3 Å². The van der Waals surface area contributed by atoms with Crippen molar-refractivity contribution in [2.24, 2.45) is 0 Å². The zero-order valence-electron chi connectivity index (χ0n) is 15.6. The predicted molar refractivity (Wildman–Crippen MR) is 111 cm³/mol. The maximum absolute atomic E-state index is 12.3. The fourth-order valence-corrected chi connectivity index (χ4v) is 2.58. The summed E-state index contributed by atoms with van der Waals surface area (Å²) in [4.78, 5) is 24.6. The third kappa shape index (κ3) is 5.01. The molecule has 0 atom stereocenters. The average Bonchev–Trinajstić information content (AvgIpc) is 2.75. The van der Waals surface area contributed by atoms with Crippen LogP contribution < -0.4 is 10.1 Å². The lowest BCUT2D eigenvalue weighted by Crippen LogP contribution is -2.11. The van der Waals surface area contributed by atoms with Crippen LogP contribution in [-0.2, 0) is 0 Å². The zero-order valence-corrected chi connectivity index (χ0v) is 15.6. The maximum Gasteiger partial charge on any atom is 0.255 e. The van der Waals surface area contributed by atoms with Crippen LogP contribution in [0.3, 0.4) is 0 Å². The molecule has 0 radical (unpaired) electrons. The highest BCUT2D eigenvalue weighted by molar-refractivity contribution is 6.08. The minimum Gasteiger partial charge on any atom is -0.504 e. The van der Waals surface area contributed by atoms with Crippen molar-refractivity contribution in [1.82, 2.24) is 0 Å². The van der Waals surface area contributed by atoms with Gasteiger partial charge in [0.1, 0.15) is 5.75 Å². The van der Waals surface area contributed by atoms with Crippen molar-refractivity contribution in [1.29, 1.82) is 0 Å². The Bertz CT molecular complexity index is 1050. The molecule has 0 saturated carbocycles. The van der Waals surface area contributed by atoms with Gasteiger partial charge in [0, 0.05) is 16.8 Å². The molecule has 0 aliphatic heterocycles. The van der Waals surface area contributed by atoms with Gasteiger partial charge in [-0.25, -0.2) is 0 Å². The second kappa shape index (κ2) is 8.75. The van der Waals surface area contributed by atoms with Crippen LogP contribution in [0.25, 0.3) is 6.08 Å². The van der Waals surface area contributed by atoms with E-state index in [0.29, 0.717) is 28.1 Å². The molecule has 0 heterocycles. The number of ether oxygens (including phenoxy) is 1. The summed E-state index contributed by atoms with van der Waals surface area (Å²) in [6.07, 6.45) is 2.91. The quantitative estimate of drug-likeness (QED) is 0.333. The van der Waals surface area contributed by atoms with Crippen molar-refractivity contribution in [2.75, 3.05) is 12.4 Å². The number of carbonyl (C=O) groups is 2. The van der Waals surface area contributed by atoms with Crippen LogP contribution in [0, 0.1) is 0 Å². The Morgan fingerprint density at radius 2 is 1.52 bits per heavy atom. The number of aromatic hydroxyl groups is 2. The van der Waals surface area contributed by atoms with Gasteiger partial charge in [-0.2, -0.15) is 0 Å². The number of hydrogen-bond donors (Lipinski definition) is 3. The molecule has 0 aliphatic rings. The van der Waals surface area contributed by atoms with Gasteiger partial charge in [-0.05, 0) is 72.3 Å². The molecule has 0 fully saturated rings. The Kier molecular flexibility index (Phi) is 5.94. The van der Waals surface area contributed by atoms with Gasteiger partial charge >= 0.3 is 0 Å². The number of nitrogens with one attached hydrogen (secondary N) is 1. The summed E-state index contributed by atoms with van der Waals surface area (Å²) in [5, 5.41) is 21.6. The van der Waals surface area contributed by atoms with Gasteiger partial charge in [-0.3, -0.25) is 9.59 Å². The van der Waals surface area contributed by atoms with Gasteiger partial charge in [-0.1, -0.05) is 12.1 Å². The maximum atomic E-state index is 12.3. The summed E-state index contributed by atoms with van der Waals surface area (Å²) in [7, 11) is 1.56. The molecule has 1 amide bonds. The summed E-state index contributed by atoms with van der Waals surface area (Å²) in [6, 6.07) is 17.6. The predicted octanol–water partition coefficient (Wildman–Crippen LogP) is 4.25. The highest BCUT2D eigenvalue weighted by Gasteiger charge is 2.08. The summed E-state index contributed by atoms with van der Waals surface area (Å²) < 4.78 is 5.07. The van der Waals surface area contributed by atoms with E-state index in [2.05, 4.69) is 5.32 Å². The Morgan fingerprint density at radius 1 is 0.862 bits per heavy atom. The van der Waals surface area contributed by atoms with Crippen molar-refractivity contribution in [3.63, 3.8) is 0 Å². The van der Waals surface area contributed by atoms with Crippen molar-refractivity contribution >= 4 is 23.5 Å². The minimum atomic E-state index is -0.265. The van der Waals surface area contributed by atoms with Crippen LogP contribution in [0.2, 0.25) is 0 Å². The number of anilines is 1. The van der Waals surface area contributed by atoms with E-state index in [-0.39, 0.29) is 23.2 Å². The molecule has 3 aromatic carbocycles. The van der Waals surface area contributed by atoms with Crippen LogP contribution >= 0.6 is 0 Å². The van der Waals surface area contributed by atoms with Crippen LogP contribution in [0.1, 0.15) is 26.3 Å². The molecule has 0 saturated heterocycles. The lowest BCUT2D eigenvalue weighted by Gasteiger charge is -2.07. The normalized spacial score (nSPS) is 10.7. The summed E-state index contributed by atoms with van der Waals surface area (Å²) in [5.41, 5.74) is 2.09. The Hall–Kier alpha value is -4.06. The van der Waals surface area contributed by atoms with E-state index in [1.165, 1.54) is 18.2 Å². The molecule has 0 bridgehead atoms. The molecule has 0 aromatic heterocycles. The number of amides is 1. The number of benzene rings is 3. The summed E-state index contributed by atoms with van der Waals surface area (Å²) >= 11 is 0. The standard InChI is InChI=1S/C23H19NO5/c1-29-19-10-6-17(7-11-19)23(28)24-18-8-4-16(5-9-18)20(25)12-2-15-3-13-21(26)22(27)14-15/h2-14,26-27H,1H3,(H,24,28)/b12-2+. The van der Waals surface area contributed by atoms with Crippen molar-refractivity contribution in [3.05, 3.63) is 89.5 Å². The molecule has 0 aliphatic carbocycles. The lowest BCUT2D eigenvalue weighted by atomic mass is 10.1. The van der Waals surface area contributed by atoms with E-state index < -0.39 is 0 Å². The molecule has 6 heteroatoms. The summed E-state index contributed by atoms with van der Waals surface area (Å²) in [6.45, 7) is 0. The molecular formula is C23H19NO5. The monoisotopic (exact) mass is 389 g/mol. The number of phenols is 2. The van der Waals surface area contributed by atoms with E-state index in [0.717, 1.165) is 0 Å². The van der Waals surface area contributed by atoms with Gasteiger partial charge in [0.25, 0.3) is 5.91 Å². The molecule has 0 unspecified atom stereocenters. The highest BCUT2D eigenvalue weighted by Crippen LogP contribution is 2.25. The second-order valence-corrected chi connectivity index (χ2v) is 6.21. The average molecular weight is 389 g/mol. The number of allylic oxidation sites excluding steroid dienone is 1. The van der Waals surface area contributed by atoms with Gasteiger partial charge in [0.15, 0.2) is 17.3 Å². The third-order valence-corrected chi connectivity index (χ3v) is 4.21. The molecular weight excluding hydrogens is 370 g/mol. The molecule has 3 N–H and O–H groups in total. The molecule has 29 heavy (non-hydrogen) atoms. The number of hydrogen-bond acceptors (Lipinski definition) is 5. The number of rotatable bonds is 6. The second-order valence-electron chi connectivity index (χ2n) is 6.21. The summed E-state index contributed by atoms with van der Waals surface area (Å²) in [5.74, 6) is -0.304. The van der Waals surface area contributed by atoms with Crippen LogP contribution in [0.15, 0.2) is 72.8 Å². The van der Waals surface area contributed by atoms with Gasteiger partial charge in [0.05, 0.1) is 7.11 Å². The molecule has 0 spiro atoms. The third-order valence-electron chi connectivity index (χ3n) is 4.21. The first-order valence-electron chi connectivity index (χ1n) is 8.76. The highest BCUT2D eigenvalue weighted by atomic mass is 16.5. The van der Waals surface area contributed by atoms with Crippen LogP contribution in [0.4, 0.5) is 5.69 Å². The lowest BCUT2D eigenvalue weighted by molar-refractivity contribution is 0.102. The first kappa shape index (κ1) is 19.7. The number of phenolic OH excluding ortho intramolecular Hbond substituents is 2. The smallest absolute Gasteiger partial charge is 0.255 e. The van der Waals surface area contributed by atoms with Crippen molar-refractivity contribution in [3.8, 4) is 17.2 Å². The number of carbonyl (C=O) groups excluding carboxylic acids is 2. The van der Waals surface area contributed by atoms with Crippen molar-refractivity contribution < 1.29 is 24.5 Å². The molecule has 146 valence electrons. The molecule has 6 nitrogen and oxygen atoms in total. The van der Waals surface area contributed by atoms with Gasteiger partial charge in [-0.15, -0.1) is 0 Å². The number of ketones is 1. The first-order chi connectivity index (χ1) is 14.0. The fourth-order valence-electron chi connectivity index (χ4n) is 2.58.